The zero-order valence-electron chi connectivity index (χ0n) is 11.6. The summed E-state index contributed by atoms with van der Waals surface area (Å²) in [6.07, 6.45) is 0.949. The van der Waals surface area contributed by atoms with Crippen molar-refractivity contribution < 1.29 is 9.59 Å². The molecule has 0 aliphatic rings. The van der Waals surface area contributed by atoms with Crippen LogP contribution >= 0.6 is 43.2 Å². The minimum atomic E-state index is -0.0916. The Morgan fingerprint density at radius 2 is 2.00 bits per heavy atom. The van der Waals surface area contributed by atoms with Gasteiger partial charge >= 0.3 is 0 Å². The molecule has 2 amide bonds. The molecule has 0 atom stereocenters. The van der Waals surface area contributed by atoms with E-state index in [4.69, 9.17) is 0 Å². The first-order chi connectivity index (χ1) is 10.6. The molecule has 2 N–H and O–H groups in total. The molecule has 116 valence electrons. The van der Waals surface area contributed by atoms with Gasteiger partial charge in [-0.05, 0) is 52.0 Å². The molecular formula is C15H14Br2N2O2S. The van der Waals surface area contributed by atoms with Crippen LogP contribution in [-0.2, 0) is 4.79 Å². The van der Waals surface area contributed by atoms with E-state index in [0.29, 0.717) is 24.3 Å². The van der Waals surface area contributed by atoms with Crippen molar-refractivity contribution in [2.75, 3.05) is 11.9 Å². The van der Waals surface area contributed by atoms with E-state index in [1.54, 1.807) is 6.07 Å². The standard InChI is InChI=1S/C15H14Br2N2O2S/c16-10-5-6-12(11(17)9-10)19-14(20)4-1-7-18-15(21)13-3-2-8-22-13/h2-3,5-6,8-9H,1,4,7H2,(H,18,21)(H,19,20). The van der Waals surface area contributed by atoms with E-state index in [1.165, 1.54) is 11.3 Å². The van der Waals surface area contributed by atoms with Crippen molar-refractivity contribution in [3.05, 3.63) is 49.5 Å². The van der Waals surface area contributed by atoms with Gasteiger partial charge in [0, 0.05) is 21.9 Å². The third kappa shape index (κ3) is 5.23. The van der Waals surface area contributed by atoms with E-state index >= 15 is 0 Å². The smallest absolute Gasteiger partial charge is 0.261 e. The molecule has 1 heterocycles. The van der Waals surface area contributed by atoms with Crippen molar-refractivity contribution in [3.8, 4) is 0 Å². The average molecular weight is 446 g/mol. The van der Waals surface area contributed by atoms with E-state index in [9.17, 15) is 9.59 Å². The molecule has 0 bridgehead atoms. The summed E-state index contributed by atoms with van der Waals surface area (Å²) >= 11 is 8.16. The predicted molar refractivity (Wildman–Crippen MR) is 96.4 cm³/mol. The number of anilines is 1. The number of halogens is 2. The number of benzene rings is 1. The maximum absolute atomic E-state index is 11.9. The van der Waals surface area contributed by atoms with Gasteiger partial charge in [-0.3, -0.25) is 9.59 Å². The lowest BCUT2D eigenvalue weighted by atomic mass is 10.2. The number of amides is 2. The van der Waals surface area contributed by atoms with Crippen LogP contribution in [0, 0.1) is 0 Å². The van der Waals surface area contributed by atoms with E-state index in [1.807, 2.05) is 29.6 Å². The Balaban J connectivity index is 1.71. The second-order valence-electron chi connectivity index (χ2n) is 4.51. The highest BCUT2D eigenvalue weighted by Gasteiger charge is 2.08. The highest BCUT2D eigenvalue weighted by molar-refractivity contribution is 9.11. The molecule has 0 aliphatic carbocycles. The molecule has 0 radical (unpaired) electrons. The highest BCUT2D eigenvalue weighted by atomic mass is 79.9. The molecule has 0 spiro atoms. The molecule has 0 fully saturated rings. The molecule has 7 heteroatoms. The van der Waals surface area contributed by atoms with Crippen LogP contribution in [0.2, 0.25) is 0 Å². The SMILES string of the molecule is O=C(CCCNC(=O)c1cccs1)Nc1ccc(Br)cc1Br. The normalized spacial score (nSPS) is 10.3. The predicted octanol–water partition coefficient (Wildman–Crippen LogP) is 4.42. The van der Waals surface area contributed by atoms with Crippen LogP contribution in [0.3, 0.4) is 0 Å². The van der Waals surface area contributed by atoms with Crippen LogP contribution in [0.1, 0.15) is 22.5 Å². The molecule has 0 aliphatic heterocycles. The Labute approximate surface area is 149 Å². The molecule has 4 nitrogen and oxygen atoms in total. The van der Waals surface area contributed by atoms with Crippen LogP contribution in [-0.4, -0.2) is 18.4 Å². The van der Waals surface area contributed by atoms with Gasteiger partial charge < -0.3 is 10.6 Å². The summed E-state index contributed by atoms with van der Waals surface area (Å²) in [6, 6.07) is 9.17. The topological polar surface area (TPSA) is 58.2 Å². The first kappa shape index (κ1) is 17.2. The fourth-order valence-electron chi connectivity index (χ4n) is 1.75. The van der Waals surface area contributed by atoms with Crippen LogP contribution in [0.25, 0.3) is 0 Å². The summed E-state index contributed by atoms with van der Waals surface area (Å²) in [5, 5.41) is 7.49. The fourth-order valence-corrected chi connectivity index (χ4v) is 3.54. The van der Waals surface area contributed by atoms with E-state index in [0.717, 1.165) is 14.6 Å². The van der Waals surface area contributed by atoms with E-state index in [-0.39, 0.29) is 11.8 Å². The third-order valence-electron chi connectivity index (χ3n) is 2.82. The summed E-state index contributed by atoms with van der Waals surface area (Å²) in [7, 11) is 0. The lowest BCUT2D eigenvalue weighted by Gasteiger charge is -2.08. The first-order valence-electron chi connectivity index (χ1n) is 6.63. The fraction of sp³-hybridized carbons (Fsp3) is 0.200. The number of carbonyl (C=O) groups excluding carboxylic acids is 2. The number of hydrogen-bond donors (Lipinski definition) is 2. The van der Waals surface area contributed by atoms with Crippen molar-refractivity contribution in [1.29, 1.82) is 0 Å². The van der Waals surface area contributed by atoms with Crippen molar-refractivity contribution in [3.63, 3.8) is 0 Å². The minimum Gasteiger partial charge on any atom is -0.351 e. The number of thiophene rings is 1. The number of nitrogens with one attached hydrogen (secondary N) is 2. The van der Waals surface area contributed by atoms with Gasteiger partial charge in [0.15, 0.2) is 0 Å². The van der Waals surface area contributed by atoms with Crippen LogP contribution in [0.15, 0.2) is 44.7 Å². The van der Waals surface area contributed by atoms with E-state index in [2.05, 4.69) is 42.5 Å². The van der Waals surface area contributed by atoms with Gasteiger partial charge in [0.25, 0.3) is 5.91 Å². The van der Waals surface area contributed by atoms with Gasteiger partial charge in [-0.1, -0.05) is 22.0 Å². The summed E-state index contributed by atoms with van der Waals surface area (Å²) in [5.74, 6) is -0.167. The third-order valence-corrected chi connectivity index (χ3v) is 4.83. The van der Waals surface area contributed by atoms with Crippen molar-refractivity contribution in [2.45, 2.75) is 12.8 Å². The molecule has 1 aromatic carbocycles. The Kier molecular flexibility index (Phi) is 6.60. The molecule has 0 saturated heterocycles. The average Bonchev–Trinajstić information content (AvgIpc) is 3.01. The quantitative estimate of drug-likeness (QED) is 0.646. The van der Waals surface area contributed by atoms with Crippen molar-refractivity contribution in [1.82, 2.24) is 5.32 Å². The lowest BCUT2D eigenvalue weighted by molar-refractivity contribution is -0.116. The molecule has 1 aromatic heterocycles. The maximum Gasteiger partial charge on any atom is 0.261 e. The second kappa shape index (κ2) is 8.45. The minimum absolute atomic E-state index is 0.0756. The van der Waals surface area contributed by atoms with Gasteiger partial charge in [-0.15, -0.1) is 11.3 Å². The summed E-state index contributed by atoms with van der Waals surface area (Å²) in [5.41, 5.74) is 0.732. The van der Waals surface area contributed by atoms with Crippen LogP contribution in [0.5, 0.6) is 0 Å². The first-order valence-corrected chi connectivity index (χ1v) is 9.09. The van der Waals surface area contributed by atoms with Gasteiger partial charge in [-0.2, -0.15) is 0 Å². The zero-order chi connectivity index (χ0) is 15.9. The monoisotopic (exact) mass is 444 g/mol. The summed E-state index contributed by atoms with van der Waals surface area (Å²) in [6.45, 7) is 0.478. The lowest BCUT2D eigenvalue weighted by Crippen LogP contribution is -2.24. The van der Waals surface area contributed by atoms with E-state index < -0.39 is 0 Å². The Morgan fingerprint density at radius 3 is 2.68 bits per heavy atom. The van der Waals surface area contributed by atoms with Crippen LogP contribution < -0.4 is 10.6 Å². The Hall–Kier alpha value is -1.18. The van der Waals surface area contributed by atoms with Gasteiger partial charge in [0.05, 0.1) is 10.6 Å². The Bertz CT molecular complexity index is 660. The molecular weight excluding hydrogens is 432 g/mol. The zero-order valence-corrected chi connectivity index (χ0v) is 15.6. The number of carbonyl (C=O) groups is 2. The summed E-state index contributed by atoms with van der Waals surface area (Å²) in [4.78, 5) is 24.3. The van der Waals surface area contributed by atoms with Gasteiger partial charge in [0.1, 0.15) is 0 Å². The van der Waals surface area contributed by atoms with Crippen molar-refractivity contribution in [2.24, 2.45) is 0 Å². The molecule has 0 unspecified atom stereocenters. The molecule has 0 saturated carbocycles. The second-order valence-corrected chi connectivity index (χ2v) is 7.23. The maximum atomic E-state index is 11.9. The number of hydrogen-bond acceptors (Lipinski definition) is 3. The van der Waals surface area contributed by atoms with Gasteiger partial charge in [-0.25, -0.2) is 0 Å². The van der Waals surface area contributed by atoms with Crippen LogP contribution in [0.4, 0.5) is 5.69 Å². The molecule has 2 aromatic rings. The Morgan fingerprint density at radius 1 is 1.18 bits per heavy atom. The number of rotatable bonds is 6. The molecule has 2 rings (SSSR count). The largest absolute Gasteiger partial charge is 0.351 e. The molecule has 22 heavy (non-hydrogen) atoms. The summed E-state index contributed by atoms with van der Waals surface area (Å²) < 4.78 is 1.76. The van der Waals surface area contributed by atoms with Crippen molar-refractivity contribution >= 4 is 60.7 Å². The highest BCUT2D eigenvalue weighted by Crippen LogP contribution is 2.26. The van der Waals surface area contributed by atoms with Gasteiger partial charge in [0.2, 0.25) is 5.91 Å².